The van der Waals surface area contributed by atoms with E-state index in [4.69, 9.17) is 5.73 Å². The molecule has 0 heterocycles. The van der Waals surface area contributed by atoms with Gasteiger partial charge in [0.25, 0.3) is 0 Å². The largest absolute Gasteiger partial charge is 0.351 e. The molecule has 0 aliphatic carbocycles. The Morgan fingerprint density at radius 3 is 2.71 bits per heavy atom. The summed E-state index contributed by atoms with van der Waals surface area (Å²) in [4.78, 5) is 21.5. The fourth-order valence-electron chi connectivity index (χ4n) is 1.01. The molecule has 0 aliphatic rings. The van der Waals surface area contributed by atoms with Gasteiger partial charge in [-0.3, -0.25) is 10.1 Å². The Balaban J connectivity index is 2.60. The molecule has 0 fully saturated rings. The van der Waals surface area contributed by atoms with Crippen molar-refractivity contribution in [3.05, 3.63) is 34.3 Å². The number of benzene rings is 1. The number of halogens is 1. The predicted octanol–water partition coefficient (Wildman–Crippen LogP) is 1.19. The number of imide groups is 1. The van der Waals surface area contributed by atoms with Crippen molar-refractivity contribution in [1.82, 2.24) is 5.32 Å². The molecular formula is C9H9BrN2O2. The van der Waals surface area contributed by atoms with Crippen LogP contribution in [0.3, 0.4) is 0 Å². The van der Waals surface area contributed by atoms with Crippen molar-refractivity contribution in [2.45, 2.75) is 6.42 Å². The maximum atomic E-state index is 11.1. The minimum Gasteiger partial charge on any atom is -0.351 e. The van der Waals surface area contributed by atoms with Crippen molar-refractivity contribution in [3.8, 4) is 0 Å². The van der Waals surface area contributed by atoms with Gasteiger partial charge in [0.15, 0.2) is 0 Å². The van der Waals surface area contributed by atoms with Crippen LogP contribution >= 0.6 is 15.9 Å². The van der Waals surface area contributed by atoms with Crippen LogP contribution in [0.5, 0.6) is 0 Å². The number of carbonyl (C=O) groups excluding carboxylic acids is 2. The van der Waals surface area contributed by atoms with E-state index < -0.39 is 11.9 Å². The van der Waals surface area contributed by atoms with Gasteiger partial charge >= 0.3 is 6.03 Å². The van der Waals surface area contributed by atoms with Crippen molar-refractivity contribution in [1.29, 1.82) is 0 Å². The Hall–Kier alpha value is -1.36. The van der Waals surface area contributed by atoms with E-state index in [1.54, 1.807) is 12.1 Å². The average molecular weight is 257 g/mol. The first-order valence-corrected chi connectivity index (χ1v) is 4.71. The maximum Gasteiger partial charge on any atom is 0.318 e. The zero-order valence-corrected chi connectivity index (χ0v) is 8.87. The highest BCUT2D eigenvalue weighted by Crippen LogP contribution is 2.11. The molecule has 0 unspecified atom stereocenters. The van der Waals surface area contributed by atoms with Crippen molar-refractivity contribution < 1.29 is 9.59 Å². The smallest absolute Gasteiger partial charge is 0.318 e. The normalized spacial score (nSPS) is 9.50. The SMILES string of the molecule is NC(=O)NC(=O)Cc1cccc(Br)c1. The third-order valence-electron chi connectivity index (χ3n) is 1.52. The highest BCUT2D eigenvalue weighted by molar-refractivity contribution is 9.10. The van der Waals surface area contributed by atoms with Crippen molar-refractivity contribution >= 4 is 27.9 Å². The van der Waals surface area contributed by atoms with Crippen LogP contribution in [0.2, 0.25) is 0 Å². The summed E-state index contributed by atoms with van der Waals surface area (Å²) in [5.74, 6) is -0.407. The van der Waals surface area contributed by atoms with E-state index in [1.165, 1.54) is 0 Å². The molecule has 1 aromatic rings. The van der Waals surface area contributed by atoms with Gasteiger partial charge in [-0.1, -0.05) is 28.1 Å². The predicted molar refractivity (Wildman–Crippen MR) is 55.6 cm³/mol. The van der Waals surface area contributed by atoms with E-state index in [2.05, 4.69) is 15.9 Å². The highest BCUT2D eigenvalue weighted by atomic mass is 79.9. The van der Waals surface area contributed by atoms with E-state index in [-0.39, 0.29) is 6.42 Å². The van der Waals surface area contributed by atoms with Gasteiger partial charge in [-0.15, -0.1) is 0 Å². The van der Waals surface area contributed by atoms with Crippen LogP contribution in [-0.2, 0) is 11.2 Å². The zero-order valence-electron chi connectivity index (χ0n) is 7.29. The monoisotopic (exact) mass is 256 g/mol. The van der Waals surface area contributed by atoms with Crippen molar-refractivity contribution in [2.75, 3.05) is 0 Å². The minimum atomic E-state index is -0.829. The van der Waals surface area contributed by atoms with Crippen LogP contribution in [0, 0.1) is 0 Å². The van der Waals surface area contributed by atoms with Gasteiger partial charge < -0.3 is 5.73 Å². The minimum absolute atomic E-state index is 0.141. The summed E-state index contributed by atoms with van der Waals surface area (Å²) in [6.07, 6.45) is 0.141. The first kappa shape index (κ1) is 10.7. The number of amides is 3. The fraction of sp³-hybridized carbons (Fsp3) is 0.111. The Morgan fingerprint density at radius 1 is 1.43 bits per heavy atom. The van der Waals surface area contributed by atoms with Crippen LogP contribution in [0.1, 0.15) is 5.56 Å². The van der Waals surface area contributed by atoms with Gasteiger partial charge in [0.2, 0.25) is 5.91 Å². The van der Waals surface area contributed by atoms with E-state index in [1.807, 2.05) is 17.4 Å². The molecule has 1 rings (SSSR count). The molecule has 0 atom stereocenters. The van der Waals surface area contributed by atoms with Gasteiger partial charge in [-0.05, 0) is 17.7 Å². The molecule has 4 nitrogen and oxygen atoms in total. The number of nitrogens with one attached hydrogen (secondary N) is 1. The molecule has 3 N–H and O–H groups in total. The van der Waals surface area contributed by atoms with E-state index in [0.717, 1.165) is 10.0 Å². The topological polar surface area (TPSA) is 72.2 Å². The van der Waals surface area contributed by atoms with Gasteiger partial charge in [0.1, 0.15) is 0 Å². The lowest BCUT2D eigenvalue weighted by atomic mass is 10.1. The average Bonchev–Trinajstić information content (AvgIpc) is 2.01. The summed E-state index contributed by atoms with van der Waals surface area (Å²) in [6.45, 7) is 0. The molecule has 0 saturated heterocycles. The number of urea groups is 1. The second kappa shape index (κ2) is 4.76. The summed E-state index contributed by atoms with van der Waals surface area (Å²) in [5.41, 5.74) is 5.61. The van der Waals surface area contributed by atoms with E-state index in [9.17, 15) is 9.59 Å². The lowest BCUT2D eigenvalue weighted by Crippen LogP contribution is -2.35. The van der Waals surface area contributed by atoms with Crippen LogP contribution in [0.4, 0.5) is 4.79 Å². The summed E-state index contributed by atoms with van der Waals surface area (Å²) in [5, 5.41) is 2.00. The molecule has 0 spiro atoms. The summed E-state index contributed by atoms with van der Waals surface area (Å²) < 4.78 is 0.891. The number of nitrogens with two attached hydrogens (primary N) is 1. The lowest BCUT2D eigenvalue weighted by molar-refractivity contribution is -0.119. The van der Waals surface area contributed by atoms with E-state index in [0.29, 0.717) is 0 Å². The van der Waals surface area contributed by atoms with Gasteiger partial charge in [0.05, 0.1) is 6.42 Å². The third-order valence-corrected chi connectivity index (χ3v) is 2.01. The van der Waals surface area contributed by atoms with E-state index >= 15 is 0 Å². The molecule has 3 amide bonds. The summed E-state index contributed by atoms with van der Waals surface area (Å²) >= 11 is 3.28. The van der Waals surface area contributed by atoms with Gasteiger partial charge in [-0.25, -0.2) is 4.79 Å². The number of rotatable bonds is 2. The second-order valence-electron chi connectivity index (χ2n) is 2.72. The van der Waals surface area contributed by atoms with Gasteiger partial charge in [0, 0.05) is 4.47 Å². The molecule has 14 heavy (non-hydrogen) atoms. The molecule has 0 aliphatic heterocycles. The first-order chi connectivity index (χ1) is 6.58. The fourth-order valence-corrected chi connectivity index (χ4v) is 1.46. The number of primary amides is 1. The highest BCUT2D eigenvalue weighted by Gasteiger charge is 2.05. The summed E-state index contributed by atoms with van der Waals surface area (Å²) in [6, 6.07) is 6.45. The molecule has 0 radical (unpaired) electrons. The maximum absolute atomic E-state index is 11.1. The third kappa shape index (κ3) is 3.57. The quantitative estimate of drug-likeness (QED) is 0.835. The molecule has 0 bridgehead atoms. The first-order valence-electron chi connectivity index (χ1n) is 3.91. The molecule has 0 aromatic heterocycles. The Morgan fingerprint density at radius 2 is 2.14 bits per heavy atom. The molecule has 1 aromatic carbocycles. The number of hydrogen-bond donors (Lipinski definition) is 2. The Labute approximate surface area is 89.6 Å². The zero-order chi connectivity index (χ0) is 10.6. The summed E-state index contributed by atoms with van der Waals surface area (Å²) in [7, 11) is 0. The van der Waals surface area contributed by atoms with Crippen molar-refractivity contribution in [2.24, 2.45) is 5.73 Å². The Bertz CT molecular complexity index is 366. The lowest BCUT2D eigenvalue weighted by Gasteiger charge is -2.01. The van der Waals surface area contributed by atoms with Crippen LogP contribution < -0.4 is 11.1 Å². The second-order valence-corrected chi connectivity index (χ2v) is 3.63. The Kier molecular flexibility index (Phi) is 3.64. The molecule has 5 heteroatoms. The van der Waals surface area contributed by atoms with Crippen LogP contribution in [0.15, 0.2) is 28.7 Å². The van der Waals surface area contributed by atoms with Crippen LogP contribution in [-0.4, -0.2) is 11.9 Å². The van der Waals surface area contributed by atoms with Crippen LogP contribution in [0.25, 0.3) is 0 Å². The standard InChI is InChI=1S/C9H9BrN2O2/c10-7-3-1-2-6(4-7)5-8(13)12-9(11)14/h1-4H,5H2,(H3,11,12,13,14). The van der Waals surface area contributed by atoms with Crippen molar-refractivity contribution in [3.63, 3.8) is 0 Å². The molecular weight excluding hydrogens is 248 g/mol. The molecule has 74 valence electrons. The number of hydrogen-bond acceptors (Lipinski definition) is 2. The molecule has 0 saturated carbocycles. The van der Waals surface area contributed by atoms with Gasteiger partial charge in [-0.2, -0.15) is 0 Å². The number of carbonyl (C=O) groups is 2.